The van der Waals surface area contributed by atoms with Crippen molar-refractivity contribution in [2.24, 2.45) is 0 Å². The maximum Gasteiger partial charge on any atom is 0.160 e. The van der Waals surface area contributed by atoms with Crippen LogP contribution in [-0.2, 0) is 6.42 Å². The lowest BCUT2D eigenvalue weighted by Crippen LogP contribution is -1.88. The number of hydrogen-bond acceptors (Lipinski definition) is 3. The van der Waals surface area contributed by atoms with Gasteiger partial charge in [-0.3, -0.25) is 4.79 Å². The molecule has 0 N–H and O–H groups in total. The minimum absolute atomic E-state index is 0.672. The standard InChI is InChI=1S/C18H14O2S/c19-12-18-11-17(13-21-18)20-16-8-6-15(7-9-16)10-14-4-2-1-3-5-14/h1-9,11-13H,10H2. The summed E-state index contributed by atoms with van der Waals surface area (Å²) >= 11 is 1.38. The summed E-state index contributed by atoms with van der Waals surface area (Å²) in [7, 11) is 0. The highest BCUT2D eigenvalue weighted by Gasteiger charge is 2.02. The topological polar surface area (TPSA) is 26.3 Å². The molecule has 0 unspecified atom stereocenters. The molecular weight excluding hydrogens is 280 g/mol. The Morgan fingerprint density at radius 1 is 0.905 bits per heavy atom. The number of carbonyl (C=O) groups excluding carboxylic acids is 1. The van der Waals surface area contributed by atoms with E-state index in [1.165, 1.54) is 22.5 Å². The van der Waals surface area contributed by atoms with Crippen molar-refractivity contribution < 1.29 is 9.53 Å². The van der Waals surface area contributed by atoms with Gasteiger partial charge in [-0.25, -0.2) is 0 Å². The van der Waals surface area contributed by atoms with Crippen molar-refractivity contribution in [2.75, 3.05) is 0 Å². The van der Waals surface area contributed by atoms with E-state index in [1.54, 1.807) is 6.07 Å². The van der Waals surface area contributed by atoms with E-state index >= 15 is 0 Å². The summed E-state index contributed by atoms with van der Waals surface area (Å²) in [5.74, 6) is 1.49. The summed E-state index contributed by atoms with van der Waals surface area (Å²) in [6.07, 6.45) is 1.75. The zero-order chi connectivity index (χ0) is 14.5. The van der Waals surface area contributed by atoms with Crippen LogP contribution in [0.3, 0.4) is 0 Å². The fraction of sp³-hybridized carbons (Fsp3) is 0.0556. The van der Waals surface area contributed by atoms with Crippen molar-refractivity contribution in [1.82, 2.24) is 0 Å². The van der Waals surface area contributed by atoms with Crippen LogP contribution in [-0.4, -0.2) is 6.29 Å². The largest absolute Gasteiger partial charge is 0.456 e. The maximum absolute atomic E-state index is 10.6. The number of rotatable bonds is 5. The Bertz CT molecular complexity index is 714. The molecule has 0 saturated carbocycles. The average molecular weight is 294 g/mol. The number of benzene rings is 2. The normalized spacial score (nSPS) is 10.3. The van der Waals surface area contributed by atoms with Gasteiger partial charge in [-0.2, -0.15) is 0 Å². The predicted octanol–water partition coefficient (Wildman–Crippen LogP) is 4.94. The molecular formula is C18H14O2S. The van der Waals surface area contributed by atoms with Gasteiger partial charge in [0.2, 0.25) is 0 Å². The average Bonchev–Trinajstić information content (AvgIpc) is 2.98. The second-order valence-electron chi connectivity index (χ2n) is 4.71. The molecule has 0 atom stereocenters. The Kier molecular flexibility index (Phi) is 4.12. The quantitative estimate of drug-likeness (QED) is 0.623. The molecule has 0 bridgehead atoms. The fourth-order valence-electron chi connectivity index (χ4n) is 2.09. The van der Waals surface area contributed by atoms with Gasteiger partial charge in [0.25, 0.3) is 0 Å². The first-order valence-electron chi connectivity index (χ1n) is 6.68. The third kappa shape index (κ3) is 3.58. The molecule has 0 aliphatic rings. The van der Waals surface area contributed by atoms with Crippen molar-refractivity contribution >= 4 is 17.6 Å². The van der Waals surface area contributed by atoms with Crippen LogP contribution in [0.15, 0.2) is 66.0 Å². The van der Waals surface area contributed by atoms with Gasteiger partial charge in [-0.15, -0.1) is 11.3 Å². The monoisotopic (exact) mass is 294 g/mol. The zero-order valence-electron chi connectivity index (χ0n) is 11.4. The van der Waals surface area contributed by atoms with Crippen LogP contribution >= 0.6 is 11.3 Å². The fourth-order valence-corrected chi connectivity index (χ4v) is 2.70. The molecule has 0 aliphatic carbocycles. The minimum Gasteiger partial charge on any atom is -0.456 e. The molecule has 21 heavy (non-hydrogen) atoms. The van der Waals surface area contributed by atoms with E-state index in [-0.39, 0.29) is 0 Å². The van der Waals surface area contributed by atoms with Gasteiger partial charge in [0.15, 0.2) is 6.29 Å². The molecule has 0 amide bonds. The Labute approximate surface area is 127 Å². The van der Waals surface area contributed by atoms with Crippen LogP contribution in [0.1, 0.15) is 20.8 Å². The summed E-state index contributed by atoms with van der Waals surface area (Å²) < 4.78 is 5.72. The Hall–Kier alpha value is -2.39. The lowest BCUT2D eigenvalue weighted by atomic mass is 10.1. The molecule has 1 heterocycles. The van der Waals surface area contributed by atoms with Crippen LogP contribution in [0.25, 0.3) is 0 Å². The maximum atomic E-state index is 10.6. The number of hydrogen-bond donors (Lipinski definition) is 0. The molecule has 2 aromatic carbocycles. The molecule has 1 aromatic heterocycles. The van der Waals surface area contributed by atoms with Gasteiger partial charge in [0.05, 0.1) is 4.88 Å². The Morgan fingerprint density at radius 2 is 1.62 bits per heavy atom. The van der Waals surface area contributed by atoms with Crippen LogP contribution in [0.4, 0.5) is 0 Å². The summed E-state index contributed by atoms with van der Waals surface area (Å²) in [4.78, 5) is 11.3. The highest BCUT2D eigenvalue weighted by Crippen LogP contribution is 2.26. The predicted molar refractivity (Wildman–Crippen MR) is 85.5 cm³/mol. The third-order valence-corrected chi connectivity index (χ3v) is 3.96. The van der Waals surface area contributed by atoms with Gasteiger partial charge in [-0.1, -0.05) is 42.5 Å². The zero-order valence-corrected chi connectivity index (χ0v) is 12.2. The van der Waals surface area contributed by atoms with Crippen LogP contribution < -0.4 is 4.74 Å². The Morgan fingerprint density at radius 3 is 2.29 bits per heavy atom. The summed E-state index contributed by atoms with van der Waals surface area (Å²) in [5, 5.41) is 1.83. The van der Waals surface area contributed by atoms with Gasteiger partial charge < -0.3 is 4.74 Å². The van der Waals surface area contributed by atoms with E-state index in [1.807, 2.05) is 35.7 Å². The van der Waals surface area contributed by atoms with Crippen LogP contribution in [0, 0.1) is 0 Å². The highest BCUT2D eigenvalue weighted by atomic mass is 32.1. The van der Waals surface area contributed by atoms with Gasteiger partial charge in [0.1, 0.15) is 11.5 Å². The van der Waals surface area contributed by atoms with Crippen molar-refractivity contribution in [3.8, 4) is 11.5 Å². The molecule has 0 spiro atoms. The Balaban J connectivity index is 1.67. The SMILES string of the molecule is O=Cc1cc(Oc2ccc(Cc3ccccc3)cc2)cs1. The highest BCUT2D eigenvalue weighted by molar-refractivity contribution is 7.11. The third-order valence-electron chi connectivity index (χ3n) is 3.12. The number of ether oxygens (including phenoxy) is 1. The van der Waals surface area contributed by atoms with Crippen LogP contribution in [0.5, 0.6) is 11.5 Å². The lowest BCUT2D eigenvalue weighted by molar-refractivity contribution is 0.112. The first kappa shape index (κ1) is 13.6. The molecule has 0 radical (unpaired) electrons. The molecule has 3 aromatic rings. The first-order chi connectivity index (χ1) is 10.3. The smallest absolute Gasteiger partial charge is 0.160 e. The molecule has 2 nitrogen and oxygen atoms in total. The number of aldehydes is 1. The molecule has 0 fully saturated rings. The van der Waals surface area contributed by atoms with E-state index in [9.17, 15) is 4.79 Å². The van der Waals surface area contributed by atoms with E-state index in [0.717, 1.165) is 18.5 Å². The molecule has 0 saturated heterocycles. The van der Waals surface area contributed by atoms with Crippen molar-refractivity contribution in [3.05, 3.63) is 82.0 Å². The minimum atomic E-state index is 0.672. The van der Waals surface area contributed by atoms with Gasteiger partial charge in [-0.05, 0) is 29.7 Å². The second kappa shape index (κ2) is 6.37. The second-order valence-corrected chi connectivity index (χ2v) is 5.65. The van der Waals surface area contributed by atoms with Crippen LogP contribution in [0.2, 0.25) is 0 Å². The van der Waals surface area contributed by atoms with E-state index in [0.29, 0.717) is 10.6 Å². The van der Waals surface area contributed by atoms with E-state index in [4.69, 9.17) is 4.74 Å². The van der Waals surface area contributed by atoms with Crippen molar-refractivity contribution in [3.63, 3.8) is 0 Å². The number of carbonyl (C=O) groups is 1. The molecule has 104 valence electrons. The number of thiophene rings is 1. The summed E-state index contributed by atoms with van der Waals surface area (Å²) in [5.41, 5.74) is 2.53. The van der Waals surface area contributed by atoms with Crippen molar-refractivity contribution in [1.29, 1.82) is 0 Å². The van der Waals surface area contributed by atoms with Gasteiger partial charge >= 0.3 is 0 Å². The van der Waals surface area contributed by atoms with E-state index < -0.39 is 0 Å². The summed E-state index contributed by atoms with van der Waals surface area (Å²) in [6, 6.07) is 20.2. The van der Waals surface area contributed by atoms with Crippen molar-refractivity contribution in [2.45, 2.75) is 6.42 Å². The molecule has 3 rings (SSSR count). The summed E-state index contributed by atoms with van der Waals surface area (Å²) in [6.45, 7) is 0. The molecule has 0 aliphatic heterocycles. The molecule has 3 heteroatoms. The lowest BCUT2D eigenvalue weighted by Gasteiger charge is -2.05. The van der Waals surface area contributed by atoms with E-state index in [2.05, 4.69) is 24.3 Å². The van der Waals surface area contributed by atoms with Gasteiger partial charge in [0, 0.05) is 11.4 Å². The first-order valence-corrected chi connectivity index (χ1v) is 7.56.